The number of carbonyl (C=O) groups is 1. The van der Waals surface area contributed by atoms with Gasteiger partial charge in [-0.2, -0.15) is 4.98 Å². The van der Waals surface area contributed by atoms with Crippen molar-refractivity contribution in [3.63, 3.8) is 0 Å². The fourth-order valence-electron chi connectivity index (χ4n) is 5.02. The second-order valence-corrected chi connectivity index (χ2v) is 12.9. The van der Waals surface area contributed by atoms with Gasteiger partial charge in [0.1, 0.15) is 12.6 Å². The molecule has 44 heavy (non-hydrogen) atoms. The molecule has 8 nitrogen and oxygen atoms in total. The summed E-state index contributed by atoms with van der Waals surface area (Å²) in [6, 6.07) is 16.8. The lowest BCUT2D eigenvalue weighted by molar-refractivity contribution is -0.113. The minimum absolute atomic E-state index is 0.229. The number of thioether (sulfide) groups is 1. The maximum absolute atomic E-state index is 14.1. The lowest BCUT2D eigenvalue weighted by Gasteiger charge is -2.29. The van der Waals surface area contributed by atoms with Crippen LogP contribution in [0.4, 0.5) is 11.6 Å². The van der Waals surface area contributed by atoms with Crippen LogP contribution in [0.2, 0.25) is 5.02 Å². The van der Waals surface area contributed by atoms with Crippen LogP contribution in [0.3, 0.4) is 0 Å². The molecule has 4 aromatic rings. The van der Waals surface area contributed by atoms with Gasteiger partial charge in [0.25, 0.3) is 5.91 Å². The van der Waals surface area contributed by atoms with Crippen LogP contribution in [-0.2, 0) is 11.4 Å². The van der Waals surface area contributed by atoms with Crippen molar-refractivity contribution in [1.82, 2.24) is 14.8 Å². The Hall–Kier alpha value is -3.47. The van der Waals surface area contributed by atoms with Crippen LogP contribution in [0.25, 0.3) is 0 Å². The van der Waals surface area contributed by atoms with E-state index in [1.165, 1.54) is 0 Å². The SMILES string of the molecule is CCCSc1nc2n(n1)C(c1cc(Br)c(OCc3ccc(Cl)cc3)c(OCC)c1)C(C(=O)Nc1ccc(C)cc1C)=C(C)N2. The molecule has 1 aliphatic heterocycles. The summed E-state index contributed by atoms with van der Waals surface area (Å²) in [5.74, 6) is 2.36. The Kier molecular flexibility index (Phi) is 10.2. The third kappa shape index (κ3) is 7.08. The lowest BCUT2D eigenvalue weighted by Crippen LogP contribution is -2.31. The van der Waals surface area contributed by atoms with E-state index in [4.69, 9.17) is 31.2 Å². The second kappa shape index (κ2) is 14.1. The van der Waals surface area contributed by atoms with Crippen LogP contribution in [0.15, 0.2) is 75.5 Å². The highest BCUT2D eigenvalue weighted by atomic mass is 79.9. The number of anilines is 2. The van der Waals surface area contributed by atoms with Gasteiger partial charge in [-0.05, 0) is 97.1 Å². The zero-order valence-electron chi connectivity index (χ0n) is 25.3. The summed E-state index contributed by atoms with van der Waals surface area (Å²) in [6.07, 6.45) is 0.994. The largest absolute Gasteiger partial charge is 0.490 e. The van der Waals surface area contributed by atoms with E-state index in [0.29, 0.717) is 56.6 Å². The Morgan fingerprint density at radius 3 is 2.57 bits per heavy atom. The van der Waals surface area contributed by atoms with Gasteiger partial charge >= 0.3 is 0 Å². The molecule has 0 fully saturated rings. The predicted molar refractivity (Wildman–Crippen MR) is 181 cm³/mol. The van der Waals surface area contributed by atoms with Crippen LogP contribution in [0.1, 0.15) is 55.5 Å². The monoisotopic (exact) mass is 695 g/mol. The Morgan fingerprint density at radius 2 is 1.86 bits per heavy atom. The summed E-state index contributed by atoms with van der Waals surface area (Å²) in [6.45, 7) is 10.7. The Balaban J connectivity index is 1.56. The first-order valence-electron chi connectivity index (χ1n) is 14.5. The minimum atomic E-state index is -0.582. The number of halogens is 2. The molecule has 0 bridgehead atoms. The minimum Gasteiger partial charge on any atom is -0.490 e. The smallest absolute Gasteiger partial charge is 0.255 e. The second-order valence-electron chi connectivity index (χ2n) is 10.5. The van der Waals surface area contributed by atoms with Crippen LogP contribution in [0, 0.1) is 13.8 Å². The van der Waals surface area contributed by atoms with E-state index in [1.807, 2.05) is 76.2 Å². The molecular weight excluding hydrogens is 662 g/mol. The maximum atomic E-state index is 14.1. The molecule has 2 N–H and O–H groups in total. The fraction of sp³-hybridized carbons (Fsp3) is 0.303. The predicted octanol–water partition coefficient (Wildman–Crippen LogP) is 8.72. The number of aryl methyl sites for hydroxylation is 2. The van der Waals surface area contributed by atoms with E-state index in [-0.39, 0.29) is 5.91 Å². The summed E-state index contributed by atoms with van der Waals surface area (Å²) < 4.78 is 14.8. The number of nitrogens with one attached hydrogen (secondary N) is 2. The van der Waals surface area contributed by atoms with Crippen molar-refractivity contribution in [2.24, 2.45) is 0 Å². The number of allylic oxidation sites excluding steroid dienone is 1. The number of rotatable bonds is 11. The molecule has 0 spiro atoms. The molecule has 0 aliphatic carbocycles. The molecule has 5 rings (SSSR count). The highest BCUT2D eigenvalue weighted by molar-refractivity contribution is 9.10. The fourth-order valence-corrected chi connectivity index (χ4v) is 6.40. The summed E-state index contributed by atoms with van der Waals surface area (Å²) in [5, 5.41) is 12.6. The average molecular weight is 697 g/mol. The molecule has 0 radical (unpaired) electrons. The van der Waals surface area contributed by atoms with Gasteiger partial charge in [0, 0.05) is 22.2 Å². The molecule has 2 heterocycles. The standard InChI is InChI=1S/C33H35BrClN5O3S/c1-6-14-44-33-38-32-36-21(5)28(31(41)37-26-13-8-19(3)15-20(26)4)29(40(32)39-33)23-16-25(34)30(27(17-23)42-7-2)43-18-22-9-11-24(35)12-10-22/h8-13,15-17,29H,6-7,14,18H2,1-5H3,(H,37,41)(H,36,38,39). The number of fused-ring (bicyclic) bond motifs is 1. The number of nitrogens with zero attached hydrogens (tertiary/aromatic N) is 3. The van der Waals surface area contributed by atoms with Gasteiger partial charge in [-0.25, -0.2) is 4.68 Å². The van der Waals surface area contributed by atoms with Crippen molar-refractivity contribution < 1.29 is 14.3 Å². The van der Waals surface area contributed by atoms with Crippen molar-refractivity contribution in [3.8, 4) is 11.5 Å². The lowest BCUT2D eigenvalue weighted by atomic mass is 9.94. The summed E-state index contributed by atoms with van der Waals surface area (Å²) in [7, 11) is 0. The molecular formula is C33H35BrClN5O3S. The molecule has 230 valence electrons. The van der Waals surface area contributed by atoms with Gasteiger partial charge in [0.05, 0.1) is 16.7 Å². The quantitative estimate of drug-likeness (QED) is 0.152. The van der Waals surface area contributed by atoms with E-state index < -0.39 is 6.04 Å². The first kappa shape index (κ1) is 31.9. The first-order chi connectivity index (χ1) is 21.2. The third-order valence-electron chi connectivity index (χ3n) is 7.09. The van der Waals surface area contributed by atoms with Gasteiger partial charge in [-0.3, -0.25) is 4.79 Å². The Labute approximate surface area is 275 Å². The zero-order chi connectivity index (χ0) is 31.4. The summed E-state index contributed by atoms with van der Waals surface area (Å²) in [5.41, 5.74) is 5.86. The zero-order valence-corrected chi connectivity index (χ0v) is 28.5. The molecule has 3 aromatic carbocycles. The molecule has 11 heteroatoms. The molecule has 1 amide bonds. The third-order valence-corrected chi connectivity index (χ3v) is 8.97. The van der Waals surface area contributed by atoms with E-state index >= 15 is 0 Å². The number of hydrogen-bond acceptors (Lipinski definition) is 7. The molecule has 0 saturated carbocycles. The first-order valence-corrected chi connectivity index (χ1v) is 16.6. The van der Waals surface area contributed by atoms with Crippen LogP contribution in [-0.4, -0.2) is 33.0 Å². The van der Waals surface area contributed by atoms with Crippen molar-refractivity contribution >= 4 is 56.8 Å². The highest BCUT2D eigenvalue weighted by Crippen LogP contribution is 2.44. The van der Waals surface area contributed by atoms with E-state index in [0.717, 1.165) is 40.1 Å². The Bertz CT molecular complexity index is 1710. The number of hydrogen-bond donors (Lipinski definition) is 2. The number of ether oxygens (including phenoxy) is 2. The maximum Gasteiger partial charge on any atom is 0.255 e. The van der Waals surface area contributed by atoms with Gasteiger partial charge in [0.2, 0.25) is 11.1 Å². The summed E-state index contributed by atoms with van der Waals surface area (Å²) >= 11 is 11.4. The average Bonchev–Trinajstić information content (AvgIpc) is 3.39. The van der Waals surface area contributed by atoms with Crippen molar-refractivity contribution in [2.75, 3.05) is 23.0 Å². The van der Waals surface area contributed by atoms with Crippen molar-refractivity contribution in [2.45, 2.75) is 58.8 Å². The van der Waals surface area contributed by atoms with Crippen molar-refractivity contribution in [1.29, 1.82) is 0 Å². The van der Waals surface area contributed by atoms with Crippen molar-refractivity contribution in [3.05, 3.63) is 97.6 Å². The van der Waals surface area contributed by atoms with Crippen LogP contribution >= 0.6 is 39.3 Å². The molecule has 1 atom stereocenters. The number of benzene rings is 3. The molecule has 1 aromatic heterocycles. The Morgan fingerprint density at radius 1 is 1.09 bits per heavy atom. The van der Waals surface area contributed by atoms with Crippen LogP contribution < -0.4 is 20.1 Å². The van der Waals surface area contributed by atoms with Gasteiger partial charge in [-0.15, -0.1) is 5.10 Å². The number of carbonyl (C=O) groups excluding carboxylic acids is 1. The summed E-state index contributed by atoms with van der Waals surface area (Å²) in [4.78, 5) is 18.8. The molecule has 1 aliphatic rings. The van der Waals surface area contributed by atoms with E-state index in [1.54, 1.807) is 16.4 Å². The van der Waals surface area contributed by atoms with Gasteiger partial charge in [-0.1, -0.05) is 60.1 Å². The number of aromatic nitrogens is 3. The topological polar surface area (TPSA) is 90.3 Å². The number of amides is 1. The molecule has 0 saturated heterocycles. The molecule has 1 unspecified atom stereocenters. The van der Waals surface area contributed by atoms with Gasteiger partial charge < -0.3 is 20.1 Å². The van der Waals surface area contributed by atoms with E-state index in [2.05, 4.69) is 39.6 Å². The van der Waals surface area contributed by atoms with Crippen LogP contribution in [0.5, 0.6) is 11.5 Å². The normalized spacial score (nSPS) is 14.2. The van der Waals surface area contributed by atoms with Gasteiger partial charge in [0.15, 0.2) is 11.5 Å². The van der Waals surface area contributed by atoms with E-state index in [9.17, 15) is 4.79 Å². The highest BCUT2D eigenvalue weighted by Gasteiger charge is 2.35.